The summed E-state index contributed by atoms with van der Waals surface area (Å²) in [5.41, 5.74) is 1.71. The fraction of sp³-hybridized carbons (Fsp3) is 0.375. The van der Waals surface area contributed by atoms with Crippen LogP contribution in [-0.2, 0) is 16.0 Å². The number of rotatable bonds is 9. The van der Waals surface area contributed by atoms with Crippen LogP contribution in [0.1, 0.15) is 49.4 Å². The van der Waals surface area contributed by atoms with Crippen molar-refractivity contribution in [1.29, 1.82) is 0 Å². The van der Waals surface area contributed by atoms with Gasteiger partial charge in [0, 0.05) is 35.4 Å². The number of methoxy groups -OCH3 is 2. The average Bonchev–Trinajstić information content (AvgIpc) is 3.24. The van der Waals surface area contributed by atoms with Crippen LogP contribution in [0, 0.1) is 11.8 Å². The quantitative estimate of drug-likeness (QED) is 0.453. The van der Waals surface area contributed by atoms with Crippen molar-refractivity contribution in [3.05, 3.63) is 35.2 Å². The Labute approximate surface area is 197 Å². The molecular weight excluding hydrogens is 440 g/mol. The van der Waals surface area contributed by atoms with Crippen molar-refractivity contribution in [3.8, 4) is 11.5 Å². The number of aldehydes is 1. The number of anilines is 2. The molecule has 2 heterocycles. The second kappa shape index (κ2) is 10.3. The highest BCUT2D eigenvalue weighted by Gasteiger charge is 2.21. The number of furan rings is 1. The number of amides is 2. The van der Waals surface area contributed by atoms with Crippen molar-refractivity contribution < 1.29 is 28.3 Å². The fourth-order valence-electron chi connectivity index (χ4n) is 3.21. The van der Waals surface area contributed by atoms with Crippen LogP contribution in [0.5, 0.6) is 11.5 Å². The van der Waals surface area contributed by atoms with Gasteiger partial charge in [0.05, 0.1) is 14.2 Å². The van der Waals surface area contributed by atoms with E-state index in [9.17, 15) is 14.4 Å². The monoisotopic (exact) mass is 468 g/mol. The Balaban J connectivity index is 2.10. The van der Waals surface area contributed by atoms with E-state index in [0.717, 1.165) is 5.56 Å². The maximum absolute atomic E-state index is 12.4. The van der Waals surface area contributed by atoms with E-state index >= 15 is 0 Å². The number of nitrogens with one attached hydrogen (secondary N) is 2. The molecule has 2 N–H and O–H groups in total. The van der Waals surface area contributed by atoms with Gasteiger partial charge in [-0.15, -0.1) is 0 Å². The van der Waals surface area contributed by atoms with Gasteiger partial charge in [0.25, 0.3) is 0 Å². The van der Waals surface area contributed by atoms with Gasteiger partial charge in [0.15, 0.2) is 23.4 Å². The third kappa shape index (κ3) is 5.16. The summed E-state index contributed by atoms with van der Waals surface area (Å²) >= 11 is 0. The first-order valence-corrected chi connectivity index (χ1v) is 10.8. The smallest absolute Gasteiger partial charge is 0.231 e. The molecule has 2 amide bonds. The second-order valence-corrected chi connectivity index (χ2v) is 8.31. The van der Waals surface area contributed by atoms with E-state index in [2.05, 4.69) is 20.6 Å². The molecule has 0 unspecified atom stereocenters. The van der Waals surface area contributed by atoms with E-state index < -0.39 is 0 Å². The Morgan fingerprint density at radius 2 is 1.71 bits per heavy atom. The molecule has 34 heavy (non-hydrogen) atoms. The van der Waals surface area contributed by atoms with Crippen LogP contribution in [0.25, 0.3) is 11.0 Å². The first-order chi connectivity index (χ1) is 16.2. The minimum Gasteiger partial charge on any atom is -0.493 e. The summed E-state index contributed by atoms with van der Waals surface area (Å²) in [5.74, 6) is 0.273. The van der Waals surface area contributed by atoms with Gasteiger partial charge in [-0.3, -0.25) is 19.7 Å². The van der Waals surface area contributed by atoms with Crippen LogP contribution < -0.4 is 20.1 Å². The summed E-state index contributed by atoms with van der Waals surface area (Å²) in [6, 6.07) is 3.39. The van der Waals surface area contributed by atoms with E-state index in [-0.39, 0.29) is 47.6 Å². The van der Waals surface area contributed by atoms with Crippen LogP contribution in [0.2, 0.25) is 0 Å². The molecule has 0 saturated carbocycles. The molecule has 0 bridgehead atoms. The lowest BCUT2D eigenvalue weighted by molar-refractivity contribution is -0.119. The lowest BCUT2D eigenvalue weighted by Crippen LogP contribution is -2.22. The van der Waals surface area contributed by atoms with E-state index in [4.69, 9.17) is 13.9 Å². The Morgan fingerprint density at radius 3 is 2.29 bits per heavy atom. The zero-order chi connectivity index (χ0) is 25.0. The van der Waals surface area contributed by atoms with E-state index in [0.29, 0.717) is 34.3 Å². The predicted octanol–water partition coefficient (Wildman–Crippen LogP) is 3.83. The van der Waals surface area contributed by atoms with E-state index in [1.54, 1.807) is 46.0 Å². The number of hydrogen-bond donors (Lipinski definition) is 2. The highest BCUT2D eigenvalue weighted by Crippen LogP contribution is 2.40. The minimum absolute atomic E-state index is 0.0884. The number of carbonyl (C=O) groups is 3. The predicted molar refractivity (Wildman–Crippen MR) is 126 cm³/mol. The van der Waals surface area contributed by atoms with Gasteiger partial charge in [0.1, 0.15) is 5.82 Å². The summed E-state index contributed by atoms with van der Waals surface area (Å²) in [5, 5.41) is 6.11. The third-order valence-corrected chi connectivity index (χ3v) is 5.14. The van der Waals surface area contributed by atoms with Gasteiger partial charge < -0.3 is 19.2 Å². The Hall–Kier alpha value is -3.95. The maximum atomic E-state index is 12.4. The van der Waals surface area contributed by atoms with Gasteiger partial charge in [-0.2, -0.15) is 4.98 Å². The van der Waals surface area contributed by atoms with E-state index in [1.165, 1.54) is 14.2 Å². The third-order valence-electron chi connectivity index (χ3n) is 5.14. The molecule has 0 radical (unpaired) electrons. The van der Waals surface area contributed by atoms with Crippen molar-refractivity contribution in [1.82, 2.24) is 9.97 Å². The van der Waals surface area contributed by atoms with Crippen molar-refractivity contribution >= 4 is 40.8 Å². The van der Waals surface area contributed by atoms with Crippen LogP contribution in [0.4, 0.5) is 11.8 Å². The Morgan fingerprint density at radius 1 is 1.03 bits per heavy atom. The number of nitrogens with zero attached hydrogens (tertiary/aromatic N) is 2. The molecule has 0 fully saturated rings. The van der Waals surface area contributed by atoms with Crippen molar-refractivity contribution in [3.63, 3.8) is 0 Å². The Bertz CT molecular complexity index is 1230. The van der Waals surface area contributed by atoms with Gasteiger partial charge in [-0.1, -0.05) is 27.7 Å². The van der Waals surface area contributed by atoms with Gasteiger partial charge in [0.2, 0.25) is 23.5 Å². The number of fused-ring (bicyclic) bond motifs is 1. The first-order valence-electron chi connectivity index (χ1n) is 10.8. The standard InChI is InChI=1S/C24H28N4O6/c1-12(2)22(30)26-21-15(10-25-24(27-21)28-23(31)13(3)4)7-14-8-18(32-5)20(33-6)19-17(14)9-16(11-29)34-19/h8-13H,7H2,1-6H3,(H2,25,26,27,28,30,31). The minimum atomic E-state index is -0.284. The van der Waals surface area contributed by atoms with Crippen LogP contribution in [-0.4, -0.2) is 42.3 Å². The molecule has 180 valence electrons. The number of benzene rings is 1. The largest absolute Gasteiger partial charge is 0.493 e. The number of carbonyl (C=O) groups excluding carboxylic acids is 3. The molecule has 3 rings (SSSR count). The SMILES string of the molecule is COc1cc(Cc2cnc(NC(=O)C(C)C)nc2NC(=O)C(C)C)c2cc(C=O)oc2c1OC. The molecule has 2 aromatic heterocycles. The lowest BCUT2D eigenvalue weighted by atomic mass is 10.0. The van der Waals surface area contributed by atoms with Gasteiger partial charge >= 0.3 is 0 Å². The van der Waals surface area contributed by atoms with Gasteiger partial charge in [-0.25, -0.2) is 4.98 Å². The lowest BCUT2D eigenvalue weighted by Gasteiger charge is -2.15. The normalized spacial score (nSPS) is 11.1. The molecular formula is C24H28N4O6. The summed E-state index contributed by atoms with van der Waals surface area (Å²) in [6.07, 6.45) is 2.43. The van der Waals surface area contributed by atoms with E-state index in [1.807, 2.05) is 0 Å². The van der Waals surface area contributed by atoms with Crippen LogP contribution in [0.3, 0.4) is 0 Å². The van der Waals surface area contributed by atoms with Crippen LogP contribution in [0.15, 0.2) is 22.7 Å². The summed E-state index contributed by atoms with van der Waals surface area (Å²) in [7, 11) is 2.98. The summed E-state index contributed by atoms with van der Waals surface area (Å²) in [6.45, 7) is 7.04. The average molecular weight is 469 g/mol. The molecule has 10 nitrogen and oxygen atoms in total. The van der Waals surface area contributed by atoms with Crippen molar-refractivity contribution in [2.24, 2.45) is 11.8 Å². The molecule has 1 aromatic carbocycles. The highest BCUT2D eigenvalue weighted by molar-refractivity contribution is 5.95. The second-order valence-electron chi connectivity index (χ2n) is 8.31. The summed E-state index contributed by atoms with van der Waals surface area (Å²) < 4.78 is 16.5. The molecule has 3 aromatic rings. The molecule has 0 aliphatic heterocycles. The first kappa shape index (κ1) is 24.7. The molecule has 0 saturated heterocycles. The summed E-state index contributed by atoms with van der Waals surface area (Å²) in [4.78, 5) is 44.5. The molecule has 0 aliphatic carbocycles. The highest BCUT2D eigenvalue weighted by atomic mass is 16.5. The number of aromatic nitrogens is 2. The fourth-order valence-corrected chi connectivity index (χ4v) is 3.21. The maximum Gasteiger partial charge on any atom is 0.231 e. The van der Waals surface area contributed by atoms with Crippen molar-refractivity contribution in [2.45, 2.75) is 34.1 Å². The van der Waals surface area contributed by atoms with Gasteiger partial charge in [-0.05, 0) is 17.7 Å². The number of ether oxygens (including phenoxy) is 2. The molecule has 0 atom stereocenters. The Kier molecular flexibility index (Phi) is 7.50. The van der Waals surface area contributed by atoms with Crippen LogP contribution >= 0.6 is 0 Å². The molecule has 0 spiro atoms. The zero-order valence-corrected chi connectivity index (χ0v) is 20.0. The topological polar surface area (TPSA) is 133 Å². The number of hydrogen-bond acceptors (Lipinski definition) is 8. The molecule has 10 heteroatoms. The van der Waals surface area contributed by atoms with Crippen molar-refractivity contribution in [2.75, 3.05) is 24.9 Å². The zero-order valence-electron chi connectivity index (χ0n) is 20.0. The molecule has 0 aliphatic rings.